The highest BCUT2D eigenvalue weighted by molar-refractivity contribution is 5.75. The van der Waals surface area contributed by atoms with Crippen LogP contribution in [0.3, 0.4) is 0 Å². The average molecular weight is 276 g/mol. The zero-order valence-electron chi connectivity index (χ0n) is 12.6. The van der Waals surface area contributed by atoms with Crippen molar-refractivity contribution in [3.8, 4) is 5.75 Å². The summed E-state index contributed by atoms with van der Waals surface area (Å²) >= 11 is 0. The van der Waals surface area contributed by atoms with Crippen LogP contribution in [0.15, 0.2) is 24.3 Å². The van der Waals surface area contributed by atoms with E-state index in [9.17, 15) is 4.79 Å². The van der Waals surface area contributed by atoms with Crippen molar-refractivity contribution >= 4 is 6.03 Å². The summed E-state index contributed by atoms with van der Waals surface area (Å²) in [6.07, 6.45) is 3.41. The van der Waals surface area contributed by atoms with E-state index in [4.69, 9.17) is 4.74 Å². The molecule has 1 aromatic rings. The molecule has 1 N–H and O–H groups in total. The fourth-order valence-corrected chi connectivity index (χ4v) is 2.83. The minimum absolute atomic E-state index is 0.0421. The first-order chi connectivity index (χ1) is 9.61. The van der Waals surface area contributed by atoms with Gasteiger partial charge in [0.15, 0.2) is 0 Å². The number of nitrogens with zero attached hydrogens (tertiary/aromatic N) is 1. The molecule has 2 unspecified atom stereocenters. The molecule has 110 valence electrons. The second-order valence-electron chi connectivity index (χ2n) is 5.54. The van der Waals surface area contributed by atoms with E-state index in [0.29, 0.717) is 18.6 Å². The topological polar surface area (TPSA) is 41.6 Å². The molecule has 4 heteroatoms. The highest BCUT2D eigenvalue weighted by Crippen LogP contribution is 2.22. The van der Waals surface area contributed by atoms with E-state index in [1.54, 1.807) is 7.11 Å². The minimum atomic E-state index is 0.0421. The highest BCUT2D eigenvalue weighted by atomic mass is 16.5. The molecule has 2 amide bonds. The number of urea groups is 1. The van der Waals surface area contributed by atoms with Crippen LogP contribution in [0.5, 0.6) is 5.75 Å². The van der Waals surface area contributed by atoms with Gasteiger partial charge in [-0.25, -0.2) is 4.79 Å². The number of nitrogens with one attached hydrogen (secondary N) is 1. The van der Waals surface area contributed by atoms with Crippen LogP contribution in [0.2, 0.25) is 0 Å². The van der Waals surface area contributed by atoms with Gasteiger partial charge in [0.1, 0.15) is 5.75 Å². The van der Waals surface area contributed by atoms with Gasteiger partial charge in [0, 0.05) is 18.6 Å². The van der Waals surface area contributed by atoms with Gasteiger partial charge in [0.25, 0.3) is 0 Å². The van der Waals surface area contributed by atoms with E-state index < -0.39 is 0 Å². The fraction of sp³-hybridized carbons (Fsp3) is 0.562. The van der Waals surface area contributed by atoms with E-state index in [1.165, 1.54) is 6.42 Å². The monoisotopic (exact) mass is 276 g/mol. The summed E-state index contributed by atoms with van der Waals surface area (Å²) in [5, 5.41) is 3.01. The van der Waals surface area contributed by atoms with Gasteiger partial charge >= 0.3 is 6.03 Å². The predicted octanol–water partition coefficient (Wildman–Crippen LogP) is 3.17. The van der Waals surface area contributed by atoms with Crippen LogP contribution in [0.4, 0.5) is 4.79 Å². The Morgan fingerprint density at radius 3 is 2.40 bits per heavy atom. The Hall–Kier alpha value is -1.71. The lowest BCUT2D eigenvalue weighted by Crippen LogP contribution is -2.51. The number of methoxy groups -OCH3 is 1. The van der Waals surface area contributed by atoms with Crippen molar-refractivity contribution in [3.63, 3.8) is 0 Å². The van der Waals surface area contributed by atoms with Crippen molar-refractivity contribution in [2.24, 2.45) is 0 Å². The summed E-state index contributed by atoms with van der Waals surface area (Å²) in [6, 6.07) is 8.47. The summed E-state index contributed by atoms with van der Waals surface area (Å²) in [6.45, 7) is 4.81. The first kappa shape index (κ1) is 14.7. The Morgan fingerprint density at radius 2 is 1.85 bits per heavy atom. The number of hydrogen-bond acceptors (Lipinski definition) is 2. The Morgan fingerprint density at radius 1 is 1.25 bits per heavy atom. The van der Waals surface area contributed by atoms with Gasteiger partial charge in [-0.1, -0.05) is 12.1 Å². The molecule has 1 aromatic carbocycles. The van der Waals surface area contributed by atoms with Gasteiger partial charge in [0.2, 0.25) is 0 Å². The quantitative estimate of drug-likeness (QED) is 0.921. The fourth-order valence-electron chi connectivity index (χ4n) is 2.83. The van der Waals surface area contributed by atoms with E-state index >= 15 is 0 Å². The molecule has 0 radical (unpaired) electrons. The van der Waals surface area contributed by atoms with Crippen LogP contribution in [-0.4, -0.2) is 30.1 Å². The molecular formula is C16H24N2O2. The van der Waals surface area contributed by atoms with E-state index in [-0.39, 0.29) is 6.03 Å². The molecule has 0 aliphatic carbocycles. The van der Waals surface area contributed by atoms with Crippen molar-refractivity contribution in [1.29, 1.82) is 0 Å². The molecule has 1 aliphatic heterocycles. The van der Waals surface area contributed by atoms with E-state index in [2.05, 4.69) is 19.2 Å². The van der Waals surface area contributed by atoms with Gasteiger partial charge in [-0.15, -0.1) is 0 Å². The minimum Gasteiger partial charge on any atom is -0.497 e. The molecular weight excluding hydrogens is 252 g/mol. The Balaban J connectivity index is 1.90. The lowest BCUT2D eigenvalue weighted by molar-refractivity contribution is 0.123. The molecule has 1 saturated heterocycles. The number of rotatable bonds is 3. The van der Waals surface area contributed by atoms with Crippen LogP contribution in [-0.2, 0) is 6.54 Å². The zero-order chi connectivity index (χ0) is 14.5. The maximum absolute atomic E-state index is 12.3. The number of benzene rings is 1. The standard InChI is InChI=1S/C16H24N2O2/c1-12-5-4-6-13(2)18(12)16(19)17-11-14-7-9-15(20-3)10-8-14/h7-10,12-13H,4-6,11H2,1-3H3,(H,17,19). The number of carbonyl (C=O) groups excluding carboxylic acids is 1. The third-order valence-corrected chi connectivity index (χ3v) is 4.03. The predicted molar refractivity (Wildman–Crippen MR) is 79.8 cm³/mol. The zero-order valence-corrected chi connectivity index (χ0v) is 12.6. The number of hydrogen-bond donors (Lipinski definition) is 1. The summed E-state index contributed by atoms with van der Waals surface area (Å²) in [5.41, 5.74) is 1.08. The second-order valence-corrected chi connectivity index (χ2v) is 5.54. The number of ether oxygens (including phenoxy) is 1. The number of likely N-dealkylation sites (tertiary alicyclic amines) is 1. The molecule has 4 nitrogen and oxygen atoms in total. The molecule has 20 heavy (non-hydrogen) atoms. The lowest BCUT2D eigenvalue weighted by Gasteiger charge is -2.38. The third-order valence-electron chi connectivity index (χ3n) is 4.03. The molecule has 1 aliphatic rings. The van der Waals surface area contributed by atoms with Crippen molar-refractivity contribution in [2.45, 2.75) is 51.7 Å². The molecule has 0 aromatic heterocycles. The summed E-state index contributed by atoms with van der Waals surface area (Å²) < 4.78 is 5.12. The van der Waals surface area contributed by atoms with Crippen molar-refractivity contribution < 1.29 is 9.53 Å². The first-order valence-electron chi connectivity index (χ1n) is 7.31. The lowest BCUT2D eigenvalue weighted by atomic mass is 9.98. The molecule has 1 heterocycles. The molecule has 2 rings (SSSR count). The van der Waals surface area contributed by atoms with E-state index in [0.717, 1.165) is 24.2 Å². The Labute approximate surface area is 121 Å². The molecule has 1 fully saturated rings. The van der Waals surface area contributed by atoms with Crippen molar-refractivity contribution in [1.82, 2.24) is 10.2 Å². The third kappa shape index (κ3) is 3.44. The molecule has 2 atom stereocenters. The number of piperidine rings is 1. The molecule has 0 bridgehead atoms. The van der Waals surface area contributed by atoms with Gasteiger partial charge in [0.05, 0.1) is 7.11 Å². The molecule has 0 saturated carbocycles. The second kappa shape index (κ2) is 6.64. The summed E-state index contributed by atoms with van der Waals surface area (Å²) in [4.78, 5) is 14.3. The van der Waals surface area contributed by atoms with Gasteiger partial charge in [-0.05, 0) is 50.8 Å². The number of carbonyl (C=O) groups is 1. The van der Waals surface area contributed by atoms with Crippen LogP contribution in [0, 0.1) is 0 Å². The van der Waals surface area contributed by atoms with E-state index in [1.807, 2.05) is 29.2 Å². The molecule has 0 spiro atoms. The van der Waals surface area contributed by atoms with Crippen molar-refractivity contribution in [2.75, 3.05) is 7.11 Å². The maximum Gasteiger partial charge on any atom is 0.318 e. The average Bonchev–Trinajstić information content (AvgIpc) is 2.45. The van der Waals surface area contributed by atoms with Crippen LogP contribution in [0.25, 0.3) is 0 Å². The maximum atomic E-state index is 12.3. The highest BCUT2D eigenvalue weighted by Gasteiger charge is 2.28. The Bertz CT molecular complexity index is 434. The van der Waals surface area contributed by atoms with Gasteiger partial charge in [-0.3, -0.25) is 0 Å². The van der Waals surface area contributed by atoms with Crippen LogP contribution in [0.1, 0.15) is 38.7 Å². The van der Waals surface area contributed by atoms with Gasteiger partial charge < -0.3 is 15.0 Å². The summed E-state index contributed by atoms with van der Waals surface area (Å²) in [5.74, 6) is 0.832. The summed E-state index contributed by atoms with van der Waals surface area (Å²) in [7, 11) is 1.65. The smallest absolute Gasteiger partial charge is 0.318 e. The van der Waals surface area contributed by atoms with Crippen LogP contribution >= 0.6 is 0 Å². The Kier molecular flexibility index (Phi) is 4.88. The normalized spacial score (nSPS) is 22.4. The first-order valence-corrected chi connectivity index (χ1v) is 7.31. The SMILES string of the molecule is COc1ccc(CNC(=O)N2C(C)CCCC2C)cc1. The number of amides is 2. The van der Waals surface area contributed by atoms with Crippen molar-refractivity contribution in [3.05, 3.63) is 29.8 Å². The van der Waals surface area contributed by atoms with Crippen LogP contribution < -0.4 is 10.1 Å². The van der Waals surface area contributed by atoms with Gasteiger partial charge in [-0.2, -0.15) is 0 Å². The largest absolute Gasteiger partial charge is 0.497 e.